The molecule has 4 fully saturated rings. The fraction of sp³-hybridized carbons (Fsp3) is 0.875. The maximum absolute atomic E-state index is 12.4. The molecule has 57 heavy (non-hydrogen) atoms. The Bertz CT molecular complexity index is 1370. The van der Waals surface area contributed by atoms with Gasteiger partial charge in [0.1, 0.15) is 97.4 Å². The molecule has 0 aliphatic carbocycles. The molecular formula is C32H54N4O21. The fourth-order valence-electron chi connectivity index (χ4n) is 7.17. The molecule has 328 valence electrons. The number of ether oxygens (including phenoxy) is 7. The molecule has 0 saturated carbocycles. The molecule has 25 nitrogen and oxygen atoms in total. The van der Waals surface area contributed by atoms with Crippen LogP contribution < -0.4 is 21.3 Å². The van der Waals surface area contributed by atoms with Crippen molar-refractivity contribution in [2.24, 2.45) is 0 Å². The van der Waals surface area contributed by atoms with Crippen molar-refractivity contribution in [3.05, 3.63) is 0 Å². The first-order chi connectivity index (χ1) is 26.9. The zero-order valence-corrected chi connectivity index (χ0v) is 31.3. The molecule has 4 aliphatic heterocycles. The molecule has 4 rings (SSSR count). The van der Waals surface area contributed by atoms with Gasteiger partial charge in [0.05, 0.1) is 26.4 Å². The second-order valence-corrected chi connectivity index (χ2v) is 14.1. The van der Waals surface area contributed by atoms with Crippen LogP contribution in [0.5, 0.6) is 0 Å². The molecule has 0 bridgehead atoms. The van der Waals surface area contributed by atoms with Crippen LogP contribution in [0.25, 0.3) is 0 Å². The zero-order valence-electron chi connectivity index (χ0n) is 31.3. The third kappa shape index (κ3) is 10.9. The van der Waals surface area contributed by atoms with Crippen LogP contribution in [-0.4, -0.2) is 224 Å². The number of amides is 4. The summed E-state index contributed by atoms with van der Waals surface area (Å²) in [5, 5.41) is 116. The summed E-state index contributed by atoms with van der Waals surface area (Å²) >= 11 is 0. The molecular weight excluding hydrogens is 776 g/mol. The Kier molecular flexibility index (Phi) is 16.8. The average molecular weight is 831 g/mol. The van der Waals surface area contributed by atoms with Crippen LogP contribution in [0.4, 0.5) is 0 Å². The van der Waals surface area contributed by atoms with Gasteiger partial charge in [0.2, 0.25) is 23.6 Å². The molecule has 14 N–H and O–H groups in total. The molecule has 0 unspecified atom stereocenters. The van der Waals surface area contributed by atoms with Crippen molar-refractivity contribution in [1.29, 1.82) is 0 Å². The molecule has 0 aromatic rings. The predicted octanol–water partition coefficient (Wildman–Crippen LogP) is -9.17. The summed E-state index contributed by atoms with van der Waals surface area (Å²) in [6.45, 7) is 0.884. The Balaban J connectivity index is 1.61. The zero-order chi connectivity index (χ0) is 42.5. The molecule has 0 spiro atoms. The van der Waals surface area contributed by atoms with E-state index in [1.807, 2.05) is 0 Å². The van der Waals surface area contributed by atoms with Gasteiger partial charge in [-0.05, 0) is 0 Å². The van der Waals surface area contributed by atoms with Crippen molar-refractivity contribution in [3.8, 4) is 0 Å². The summed E-state index contributed by atoms with van der Waals surface area (Å²) in [6, 6.07) is -6.15. The van der Waals surface area contributed by atoms with Crippen LogP contribution in [0.2, 0.25) is 0 Å². The summed E-state index contributed by atoms with van der Waals surface area (Å²) in [4.78, 5) is 48.5. The number of rotatable bonds is 14. The van der Waals surface area contributed by atoms with Gasteiger partial charge in [0, 0.05) is 27.7 Å². The lowest BCUT2D eigenvalue weighted by molar-refractivity contribution is -0.362. The number of carbonyl (C=O) groups excluding carboxylic acids is 4. The van der Waals surface area contributed by atoms with Crippen molar-refractivity contribution in [3.63, 3.8) is 0 Å². The van der Waals surface area contributed by atoms with Gasteiger partial charge in [-0.25, -0.2) is 0 Å². The van der Waals surface area contributed by atoms with Crippen molar-refractivity contribution in [1.82, 2.24) is 21.3 Å². The highest BCUT2D eigenvalue weighted by atomic mass is 16.8. The second-order valence-electron chi connectivity index (χ2n) is 14.1. The topological polar surface area (TPSA) is 383 Å². The number of aliphatic hydroxyl groups is 10. The minimum Gasteiger partial charge on any atom is -0.394 e. The van der Waals surface area contributed by atoms with E-state index in [2.05, 4.69) is 21.3 Å². The Hall–Kier alpha value is -2.80. The monoisotopic (exact) mass is 830 g/mol. The maximum Gasteiger partial charge on any atom is 0.217 e. The minimum absolute atomic E-state index is 0.664. The van der Waals surface area contributed by atoms with Crippen LogP contribution in [0.15, 0.2) is 0 Å². The Morgan fingerprint density at radius 2 is 0.702 bits per heavy atom. The first kappa shape index (κ1) is 46.9. The lowest BCUT2D eigenvalue weighted by atomic mass is 9.93. The van der Waals surface area contributed by atoms with E-state index in [1.165, 1.54) is 0 Å². The summed E-state index contributed by atoms with van der Waals surface area (Å²) in [5.41, 5.74) is 0. The Labute approximate surface area is 325 Å². The van der Waals surface area contributed by atoms with Crippen molar-refractivity contribution < 1.29 is 103 Å². The van der Waals surface area contributed by atoms with Crippen LogP contribution in [0.1, 0.15) is 27.7 Å². The lowest BCUT2D eigenvalue weighted by Gasteiger charge is -2.51. The molecule has 20 atom stereocenters. The van der Waals surface area contributed by atoms with Crippen LogP contribution in [0.3, 0.4) is 0 Å². The molecule has 4 aliphatic rings. The molecule has 0 aromatic carbocycles. The van der Waals surface area contributed by atoms with Crippen molar-refractivity contribution in [2.45, 2.75) is 150 Å². The van der Waals surface area contributed by atoms with E-state index >= 15 is 0 Å². The highest BCUT2D eigenvalue weighted by Gasteiger charge is 2.56. The Morgan fingerprint density at radius 1 is 0.421 bits per heavy atom. The number of aliphatic hydroxyl groups excluding tert-OH is 10. The number of nitrogens with one attached hydrogen (secondary N) is 4. The van der Waals surface area contributed by atoms with Crippen molar-refractivity contribution in [2.75, 3.05) is 26.4 Å². The maximum atomic E-state index is 12.4. The highest BCUT2D eigenvalue weighted by Crippen LogP contribution is 2.34. The number of hydrogen-bond acceptors (Lipinski definition) is 21. The van der Waals surface area contributed by atoms with Gasteiger partial charge >= 0.3 is 0 Å². The first-order valence-corrected chi connectivity index (χ1v) is 18.1. The normalized spacial score (nSPS) is 43.8. The molecule has 0 radical (unpaired) electrons. The van der Waals surface area contributed by atoms with E-state index < -0.39 is 173 Å². The van der Waals surface area contributed by atoms with E-state index in [-0.39, 0.29) is 0 Å². The molecule has 0 aromatic heterocycles. The fourth-order valence-corrected chi connectivity index (χ4v) is 7.17. The number of carbonyl (C=O) groups is 4. The lowest BCUT2D eigenvalue weighted by Crippen LogP contribution is -2.71. The highest BCUT2D eigenvalue weighted by molar-refractivity contribution is 5.74. The van der Waals surface area contributed by atoms with Crippen LogP contribution in [-0.2, 0) is 52.3 Å². The van der Waals surface area contributed by atoms with E-state index in [1.54, 1.807) is 0 Å². The van der Waals surface area contributed by atoms with Crippen LogP contribution in [0, 0.1) is 0 Å². The van der Waals surface area contributed by atoms with E-state index in [9.17, 15) is 70.2 Å². The summed E-state index contributed by atoms with van der Waals surface area (Å²) < 4.78 is 40.6. The van der Waals surface area contributed by atoms with Crippen molar-refractivity contribution >= 4 is 23.6 Å². The van der Waals surface area contributed by atoms with Gasteiger partial charge < -0.3 is 105 Å². The second kappa shape index (κ2) is 20.4. The molecule has 4 amide bonds. The van der Waals surface area contributed by atoms with Gasteiger partial charge in [-0.1, -0.05) is 0 Å². The number of hydrogen-bond donors (Lipinski definition) is 14. The van der Waals surface area contributed by atoms with Gasteiger partial charge in [-0.15, -0.1) is 0 Å². The molecule has 25 heteroatoms. The average Bonchev–Trinajstić information content (AvgIpc) is 3.14. The van der Waals surface area contributed by atoms with Crippen LogP contribution >= 0.6 is 0 Å². The summed E-state index contributed by atoms with van der Waals surface area (Å²) in [6.07, 6.45) is -26.9. The minimum atomic E-state index is -1.89. The van der Waals surface area contributed by atoms with E-state index in [0.717, 1.165) is 27.7 Å². The largest absolute Gasteiger partial charge is 0.394 e. The Morgan fingerprint density at radius 3 is 1.04 bits per heavy atom. The summed E-state index contributed by atoms with van der Waals surface area (Å²) in [5.74, 6) is -2.84. The van der Waals surface area contributed by atoms with Gasteiger partial charge in [-0.3, -0.25) is 19.2 Å². The van der Waals surface area contributed by atoms with E-state index in [4.69, 9.17) is 33.2 Å². The van der Waals surface area contributed by atoms with Gasteiger partial charge in [0.15, 0.2) is 25.2 Å². The van der Waals surface area contributed by atoms with Gasteiger partial charge in [0.25, 0.3) is 0 Å². The molecule has 4 heterocycles. The predicted molar refractivity (Wildman–Crippen MR) is 180 cm³/mol. The van der Waals surface area contributed by atoms with Gasteiger partial charge in [-0.2, -0.15) is 0 Å². The quantitative estimate of drug-likeness (QED) is 0.0773. The summed E-state index contributed by atoms with van der Waals surface area (Å²) in [7, 11) is 0. The molecule has 4 saturated heterocycles. The smallest absolute Gasteiger partial charge is 0.217 e. The first-order valence-electron chi connectivity index (χ1n) is 18.1. The standard InChI is InChI=1S/C32H54N4O21/c1-9(41)33-17-23(47)26(14(6-38)51-29(17)50)55-31-19(35-11(3)43)25(49)28(16(8-40)53-31)57-32-20(36-12(4)44)24(48)27(15(7-39)54-32)56-30-18(34-10(2)42)22(46)21(45)13(5-37)52-30/h13-32,37-40,45-50H,5-8H2,1-4H3,(H,33,41)(H,34,42)(H,35,43)(H,36,44)/t13-,14-,15-,16-,17-,18-,19-,20+,21-,22-,23-,24-,25-,26-,27-,28-,29+,30+,31+,32+/m1/s1. The third-order valence-electron chi connectivity index (χ3n) is 9.81. The van der Waals surface area contributed by atoms with E-state index in [0.29, 0.717) is 0 Å². The third-order valence-corrected chi connectivity index (χ3v) is 9.81. The SMILES string of the molecule is CC(=O)N[C@@H]1[C@H](O[C@H]2[C@H](O)[C@@H](NC(C)=O)[C@H](O[C@H]3[C@H](O)[C@@H](NC(C)=O)[C@@H](O)O[C@@H]3CO)O[C@@H]2CO)O[C@H](CO)[C@@H](O[C@@H]2O[C@H](CO)[C@@H](O)[C@H](O)[C@H]2NC(C)=O)[C@@H]1O.